The zero-order chi connectivity index (χ0) is 12.1. The predicted octanol–water partition coefficient (Wildman–Crippen LogP) is 2.10. The normalized spacial score (nSPS) is 25.2. The highest BCUT2D eigenvalue weighted by Crippen LogP contribution is 2.18. The smallest absolute Gasteiger partial charge is 0.224 e. The number of hydrogen-bond acceptors (Lipinski definition) is 3. The van der Waals surface area contributed by atoms with E-state index in [4.69, 9.17) is 0 Å². The second kappa shape index (κ2) is 6.17. The van der Waals surface area contributed by atoms with Gasteiger partial charge in [-0.05, 0) is 35.2 Å². The standard InChI is InChI=1S/C13H19NO2S/c15-12-5-3-1-2-4-11(12)14-13(16)8-10-6-7-17-9-10/h6-7,9,11-12,15H,1-5,8H2,(H,14,16). The van der Waals surface area contributed by atoms with E-state index >= 15 is 0 Å². The van der Waals surface area contributed by atoms with E-state index in [2.05, 4.69) is 5.32 Å². The average Bonchev–Trinajstić information content (AvgIpc) is 2.71. The van der Waals surface area contributed by atoms with Crippen molar-refractivity contribution in [3.63, 3.8) is 0 Å². The molecule has 1 aliphatic rings. The van der Waals surface area contributed by atoms with Crippen LogP contribution in [0, 0.1) is 0 Å². The number of carbonyl (C=O) groups is 1. The van der Waals surface area contributed by atoms with Crippen molar-refractivity contribution in [3.8, 4) is 0 Å². The van der Waals surface area contributed by atoms with Gasteiger partial charge in [0.25, 0.3) is 0 Å². The molecule has 0 radical (unpaired) electrons. The van der Waals surface area contributed by atoms with Crippen LogP contribution in [0.1, 0.15) is 37.7 Å². The van der Waals surface area contributed by atoms with E-state index < -0.39 is 0 Å². The topological polar surface area (TPSA) is 49.3 Å². The molecule has 2 atom stereocenters. The Balaban J connectivity index is 1.84. The van der Waals surface area contributed by atoms with Crippen molar-refractivity contribution in [3.05, 3.63) is 22.4 Å². The van der Waals surface area contributed by atoms with Crippen LogP contribution in [0.5, 0.6) is 0 Å². The highest BCUT2D eigenvalue weighted by atomic mass is 32.1. The SMILES string of the molecule is O=C(Cc1ccsc1)NC1CCCCCC1O. The maximum Gasteiger partial charge on any atom is 0.224 e. The molecule has 2 rings (SSSR count). The van der Waals surface area contributed by atoms with E-state index in [1.807, 2.05) is 16.8 Å². The first-order valence-electron chi connectivity index (χ1n) is 6.24. The molecule has 3 nitrogen and oxygen atoms in total. The van der Waals surface area contributed by atoms with Crippen LogP contribution >= 0.6 is 11.3 Å². The molecular weight excluding hydrogens is 234 g/mol. The fraction of sp³-hybridized carbons (Fsp3) is 0.615. The molecule has 1 fully saturated rings. The Morgan fingerprint density at radius 1 is 1.41 bits per heavy atom. The summed E-state index contributed by atoms with van der Waals surface area (Å²) in [5.74, 6) is 0.0225. The Bertz CT molecular complexity index is 350. The minimum Gasteiger partial charge on any atom is -0.391 e. The van der Waals surface area contributed by atoms with Crippen molar-refractivity contribution in [2.75, 3.05) is 0 Å². The van der Waals surface area contributed by atoms with Gasteiger partial charge in [0.15, 0.2) is 0 Å². The number of amides is 1. The monoisotopic (exact) mass is 253 g/mol. The lowest BCUT2D eigenvalue weighted by Crippen LogP contribution is -2.43. The Kier molecular flexibility index (Phi) is 4.57. The molecule has 2 unspecified atom stereocenters. The molecule has 1 aliphatic carbocycles. The summed E-state index contributed by atoms with van der Waals surface area (Å²) in [5.41, 5.74) is 1.05. The minimum atomic E-state index is -0.371. The fourth-order valence-electron chi connectivity index (χ4n) is 2.29. The third-order valence-corrected chi connectivity index (χ3v) is 4.00. The van der Waals surface area contributed by atoms with Crippen molar-refractivity contribution in [2.24, 2.45) is 0 Å². The van der Waals surface area contributed by atoms with E-state index in [0.717, 1.165) is 37.7 Å². The van der Waals surface area contributed by atoms with Crippen LogP contribution < -0.4 is 5.32 Å². The van der Waals surface area contributed by atoms with E-state index in [1.165, 1.54) is 0 Å². The van der Waals surface area contributed by atoms with Gasteiger partial charge in [0, 0.05) is 0 Å². The molecule has 1 aromatic heterocycles. The molecule has 2 N–H and O–H groups in total. The molecule has 0 saturated heterocycles. The van der Waals surface area contributed by atoms with Crippen LogP contribution in [-0.2, 0) is 11.2 Å². The minimum absolute atomic E-state index is 0.0225. The van der Waals surface area contributed by atoms with Gasteiger partial charge in [-0.2, -0.15) is 11.3 Å². The first kappa shape index (κ1) is 12.6. The Morgan fingerprint density at radius 3 is 3.00 bits per heavy atom. The predicted molar refractivity (Wildman–Crippen MR) is 69.0 cm³/mol. The molecule has 94 valence electrons. The van der Waals surface area contributed by atoms with Crippen LogP contribution in [0.25, 0.3) is 0 Å². The number of nitrogens with one attached hydrogen (secondary N) is 1. The Labute approximate surface area is 106 Å². The van der Waals surface area contributed by atoms with Crippen LogP contribution in [0.4, 0.5) is 0 Å². The van der Waals surface area contributed by atoms with Gasteiger partial charge < -0.3 is 10.4 Å². The zero-order valence-corrected chi connectivity index (χ0v) is 10.7. The van der Waals surface area contributed by atoms with Crippen LogP contribution in [0.2, 0.25) is 0 Å². The Morgan fingerprint density at radius 2 is 2.24 bits per heavy atom. The summed E-state index contributed by atoms with van der Waals surface area (Å²) >= 11 is 1.60. The molecule has 0 aliphatic heterocycles. The number of aliphatic hydroxyl groups excluding tert-OH is 1. The number of carbonyl (C=O) groups excluding carboxylic acids is 1. The lowest BCUT2D eigenvalue weighted by molar-refractivity contribution is -0.122. The second-order valence-corrected chi connectivity index (χ2v) is 5.47. The van der Waals surface area contributed by atoms with E-state index in [1.54, 1.807) is 11.3 Å². The van der Waals surface area contributed by atoms with Crippen molar-refractivity contribution >= 4 is 17.2 Å². The molecule has 0 aromatic carbocycles. The van der Waals surface area contributed by atoms with Gasteiger partial charge in [0.2, 0.25) is 5.91 Å². The average molecular weight is 253 g/mol. The molecule has 1 saturated carbocycles. The summed E-state index contributed by atoms with van der Waals surface area (Å²) in [6, 6.07) is 1.91. The first-order valence-corrected chi connectivity index (χ1v) is 7.18. The van der Waals surface area contributed by atoms with Crippen molar-refractivity contribution in [1.82, 2.24) is 5.32 Å². The van der Waals surface area contributed by atoms with Gasteiger partial charge in [0.1, 0.15) is 0 Å². The lowest BCUT2D eigenvalue weighted by Gasteiger charge is -2.21. The number of aliphatic hydroxyl groups is 1. The quantitative estimate of drug-likeness (QED) is 0.810. The summed E-state index contributed by atoms with van der Waals surface area (Å²) in [7, 11) is 0. The van der Waals surface area contributed by atoms with Crippen molar-refractivity contribution < 1.29 is 9.90 Å². The third-order valence-electron chi connectivity index (χ3n) is 3.27. The van der Waals surface area contributed by atoms with E-state index in [9.17, 15) is 9.90 Å². The maximum atomic E-state index is 11.8. The summed E-state index contributed by atoms with van der Waals surface area (Å²) in [6.45, 7) is 0. The molecule has 0 bridgehead atoms. The van der Waals surface area contributed by atoms with Crippen molar-refractivity contribution in [1.29, 1.82) is 0 Å². The number of rotatable bonds is 3. The van der Waals surface area contributed by atoms with Gasteiger partial charge in [-0.25, -0.2) is 0 Å². The second-order valence-electron chi connectivity index (χ2n) is 4.69. The summed E-state index contributed by atoms with van der Waals surface area (Å²) in [5, 5.41) is 16.8. The van der Waals surface area contributed by atoms with Gasteiger partial charge >= 0.3 is 0 Å². The maximum absolute atomic E-state index is 11.8. The molecule has 0 spiro atoms. The summed E-state index contributed by atoms with van der Waals surface area (Å²) < 4.78 is 0. The fourth-order valence-corrected chi connectivity index (χ4v) is 2.96. The molecule has 1 amide bonds. The van der Waals surface area contributed by atoms with Gasteiger partial charge in [-0.3, -0.25) is 4.79 Å². The zero-order valence-electron chi connectivity index (χ0n) is 9.89. The molecule has 1 heterocycles. The number of thiophene rings is 1. The van der Waals surface area contributed by atoms with Gasteiger partial charge in [0.05, 0.1) is 18.6 Å². The highest BCUT2D eigenvalue weighted by Gasteiger charge is 2.22. The van der Waals surface area contributed by atoms with Crippen LogP contribution in [0.3, 0.4) is 0 Å². The molecular formula is C13H19NO2S. The largest absolute Gasteiger partial charge is 0.391 e. The summed E-state index contributed by atoms with van der Waals surface area (Å²) in [4.78, 5) is 11.8. The van der Waals surface area contributed by atoms with Crippen LogP contribution in [-0.4, -0.2) is 23.2 Å². The van der Waals surface area contributed by atoms with E-state index in [-0.39, 0.29) is 18.1 Å². The lowest BCUT2D eigenvalue weighted by atomic mass is 10.1. The first-order chi connectivity index (χ1) is 8.25. The highest BCUT2D eigenvalue weighted by molar-refractivity contribution is 7.07. The Hall–Kier alpha value is -0.870. The van der Waals surface area contributed by atoms with Gasteiger partial charge in [-0.15, -0.1) is 0 Å². The molecule has 4 heteroatoms. The summed E-state index contributed by atoms with van der Waals surface area (Å²) in [6.07, 6.45) is 5.09. The molecule has 17 heavy (non-hydrogen) atoms. The number of hydrogen-bond donors (Lipinski definition) is 2. The van der Waals surface area contributed by atoms with Crippen LogP contribution in [0.15, 0.2) is 16.8 Å². The molecule has 1 aromatic rings. The van der Waals surface area contributed by atoms with Gasteiger partial charge in [-0.1, -0.05) is 19.3 Å². The third kappa shape index (κ3) is 3.82. The van der Waals surface area contributed by atoms with E-state index in [0.29, 0.717) is 6.42 Å². The van der Waals surface area contributed by atoms with Crippen molar-refractivity contribution in [2.45, 2.75) is 50.7 Å².